The van der Waals surface area contributed by atoms with Crippen LogP contribution in [-0.2, 0) is 16.5 Å². The Balaban J connectivity index is 1.36. The molecule has 4 heterocycles. The highest BCUT2D eigenvalue weighted by atomic mass is 19.1. The zero-order valence-electron chi connectivity index (χ0n) is 20.1. The van der Waals surface area contributed by atoms with Gasteiger partial charge in [0.1, 0.15) is 6.10 Å². The van der Waals surface area contributed by atoms with E-state index < -0.39 is 5.82 Å². The largest absolute Gasteiger partial charge is 0.381 e. The number of ether oxygens (including phenoxy) is 2. The molecule has 0 spiro atoms. The summed E-state index contributed by atoms with van der Waals surface area (Å²) in [4.78, 5) is 25.5. The van der Waals surface area contributed by atoms with Crippen molar-refractivity contribution in [2.24, 2.45) is 7.05 Å². The van der Waals surface area contributed by atoms with Gasteiger partial charge in [-0.15, -0.1) is 0 Å². The monoisotopic (exact) mass is 479 g/mol. The summed E-state index contributed by atoms with van der Waals surface area (Å²) < 4.78 is 27.4. The van der Waals surface area contributed by atoms with Crippen LogP contribution in [0.3, 0.4) is 0 Å². The summed E-state index contributed by atoms with van der Waals surface area (Å²) in [5.41, 5.74) is 2.55. The van der Waals surface area contributed by atoms with Crippen molar-refractivity contribution in [1.82, 2.24) is 14.5 Å². The molecule has 5 rings (SSSR count). The van der Waals surface area contributed by atoms with Gasteiger partial charge in [-0.25, -0.2) is 9.37 Å². The lowest BCUT2D eigenvalue weighted by Gasteiger charge is -2.35. The molecule has 0 N–H and O–H groups in total. The number of rotatable bonds is 5. The van der Waals surface area contributed by atoms with Crippen LogP contribution in [0.15, 0.2) is 53.6 Å². The molecule has 184 valence electrons. The fourth-order valence-corrected chi connectivity index (χ4v) is 4.77. The predicted octanol–water partition coefficient (Wildman–Crippen LogP) is 3.17. The number of hydrogen-bond donors (Lipinski definition) is 0. The maximum Gasteiger partial charge on any atom is 0.255 e. The van der Waals surface area contributed by atoms with E-state index in [0.29, 0.717) is 37.4 Å². The van der Waals surface area contributed by atoms with Crippen molar-refractivity contribution in [3.63, 3.8) is 0 Å². The second-order valence-corrected chi connectivity index (χ2v) is 9.05. The summed E-state index contributed by atoms with van der Waals surface area (Å²) in [5.74, 6) is -0.0160. The quantitative estimate of drug-likeness (QED) is 0.557. The van der Waals surface area contributed by atoms with E-state index in [9.17, 15) is 9.18 Å². The highest BCUT2D eigenvalue weighted by Gasteiger charge is 2.26. The predicted molar refractivity (Wildman–Crippen MR) is 132 cm³/mol. The standard InChI is InChI=1S/C26H30FN5O3/c1-30(20-8-12-34-13-9-20)19-5-3-18(4-6-19)24-17-32(11-14-35-24)26-29-23(15-25(33)31(26)2)21-7-10-28-16-22(21)27/h3-7,10,15-16,20,24H,8-9,11-14,17H2,1-2H3/t24-/m1/s1. The van der Waals surface area contributed by atoms with E-state index in [4.69, 9.17) is 9.47 Å². The first-order chi connectivity index (χ1) is 17.0. The van der Waals surface area contributed by atoms with Gasteiger partial charge in [-0.2, -0.15) is 0 Å². The summed E-state index contributed by atoms with van der Waals surface area (Å²) >= 11 is 0. The van der Waals surface area contributed by atoms with Crippen molar-refractivity contribution in [3.8, 4) is 11.3 Å². The van der Waals surface area contributed by atoms with Gasteiger partial charge in [0.05, 0.1) is 25.0 Å². The molecule has 0 unspecified atom stereocenters. The molecule has 0 bridgehead atoms. The third-order valence-electron chi connectivity index (χ3n) is 6.92. The second-order valence-electron chi connectivity index (χ2n) is 9.05. The minimum Gasteiger partial charge on any atom is -0.381 e. The Morgan fingerprint density at radius 2 is 1.89 bits per heavy atom. The molecule has 0 aliphatic carbocycles. The fourth-order valence-electron chi connectivity index (χ4n) is 4.77. The third-order valence-corrected chi connectivity index (χ3v) is 6.92. The van der Waals surface area contributed by atoms with Crippen LogP contribution in [0, 0.1) is 5.82 Å². The van der Waals surface area contributed by atoms with E-state index in [0.717, 1.165) is 37.8 Å². The zero-order chi connectivity index (χ0) is 24.4. The zero-order valence-corrected chi connectivity index (χ0v) is 20.1. The number of aromatic nitrogens is 3. The number of nitrogens with zero attached hydrogens (tertiary/aromatic N) is 5. The van der Waals surface area contributed by atoms with Gasteiger partial charge in [0.15, 0.2) is 5.82 Å². The SMILES string of the molecule is CN(c1ccc([C@H]2CN(c3nc(-c4ccncc4F)cc(=O)n3C)CCO2)cc1)C1CCOCC1. The molecule has 3 aromatic rings. The van der Waals surface area contributed by atoms with Gasteiger partial charge in [0.2, 0.25) is 5.95 Å². The van der Waals surface area contributed by atoms with Gasteiger partial charge < -0.3 is 19.3 Å². The van der Waals surface area contributed by atoms with E-state index in [-0.39, 0.29) is 17.2 Å². The van der Waals surface area contributed by atoms with Crippen molar-refractivity contribution in [2.75, 3.05) is 49.8 Å². The maximum absolute atomic E-state index is 14.3. The first kappa shape index (κ1) is 23.4. The number of morpholine rings is 1. The van der Waals surface area contributed by atoms with Gasteiger partial charge in [0, 0.05) is 63.4 Å². The maximum atomic E-state index is 14.3. The second kappa shape index (κ2) is 10.1. The summed E-state index contributed by atoms with van der Waals surface area (Å²) in [6, 6.07) is 11.8. The Bertz CT molecular complexity index is 1230. The Kier molecular flexibility index (Phi) is 6.79. The average molecular weight is 480 g/mol. The molecule has 1 atom stereocenters. The van der Waals surface area contributed by atoms with Crippen LogP contribution in [-0.4, -0.2) is 60.5 Å². The molecule has 0 radical (unpaired) electrons. The highest BCUT2D eigenvalue weighted by molar-refractivity contribution is 5.60. The van der Waals surface area contributed by atoms with Gasteiger partial charge >= 0.3 is 0 Å². The summed E-state index contributed by atoms with van der Waals surface area (Å²) in [7, 11) is 3.82. The van der Waals surface area contributed by atoms with Gasteiger partial charge in [-0.3, -0.25) is 14.3 Å². The molecule has 2 aromatic heterocycles. The minimum atomic E-state index is -0.509. The van der Waals surface area contributed by atoms with E-state index in [1.165, 1.54) is 28.6 Å². The Labute approximate surface area is 203 Å². The topological polar surface area (TPSA) is 72.7 Å². The first-order valence-corrected chi connectivity index (χ1v) is 12.0. The lowest BCUT2D eigenvalue weighted by Crippen LogP contribution is -2.41. The summed E-state index contributed by atoms with van der Waals surface area (Å²) in [6.07, 6.45) is 4.53. The van der Waals surface area contributed by atoms with Crippen LogP contribution in [0.5, 0.6) is 0 Å². The molecule has 2 aliphatic heterocycles. The molecule has 2 saturated heterocycles. The molecule has 0 saturated carbocycles. The van der Waals surface area contributed by atoms with Crippen molar-refractivity contribution in [2.45, 2.75) is 25.0 Å². The third kappa shape index (κ3) is 4.92. The van der Waals surface area contributed by atoms with Crippen molar-refractivity contribution in [1.29, 1.82) is 0 Å². The molecule has 9 heteroatoms. The fraction of sp³-hybridized carbons (Fsp3) is 0.423. The number of benzene rings is 1. The van der Waals surface area contributed by atoms with Gasteiger partial charge in [-0.1, -0.05) is 12.1 Å². The average Bonchev–Trinajstić information content (AvgIpc) is 2.91. The van der Waals surface area contributed by atoms with Crippen molar-refractivity contribution < 1.29 is 13.9 Å². The molecular formula is C26H30FN5O3. The van der Waals surface area contributed by atoms with Gasteiger partial charge in [0.25, 0.3) is 5.56 Å². The van der Waals surface area contributed by atoms with E-state index in [2.05, 4.69) is 46.2 Å². The van der Waals surface area contributed by atoms with Crippen LogP contribution in [0.2, 0.25) is 0 Å². The Morgan fingerprint density at radius 1 is 1.11 bits per heavy atom. The van der Waals surface area contributed by atoms with Crippen LogP contribution in [0.25, 0.3) is 11.3 Å². The van der Waals surface area contributed by atoms with E-state index >= 15 is 0 Å². The molecule has 1 aromatic carbocycles. The van der Waals surface area contributed by atoms with Crippen LogP contribution >= 0.6 is 0 Å². The highest BCUT2D eigenvalue weighted by Crippen LogP contribution is 2.29. The Hall–Kier alpha value is -3.30. The molecule has 0 amide bonds. The number of halogens is 1. The first-order valence-electron chi connectivity index (χ1n) is 12.0. The molecule has 35 heavy (non-hydrogen) atoms. The van der Waals surface area contributed by atoms with Crippen LogP contribution in [0.4, 0.5) is 16.0 Å². The lowest BCUT2D eigenvalue weighted by atomic mass is 10.0. The minimum absolute atomic E-state index is 0.163. The Morgan fingerprint density at radius 3 is 2.63 bits per heavy atom. The molecule has 8 nitrogen and oxygen atoms in total. The lowest BCUT2D eigenvalue weighted by molar-refractivity contribution is 0.0390. The molecule has 2 aliphatic rings. The summed E-state index contributed by atoms with van der Waals surface area (Å²) in [5, 5.41) is 0. The molecular weight excluding hydrogens is 449 g/mol. The van der Waals surface area contributed by atoms with Crippen molar-refractivity contribution in [3.05, 3.63) is 70.5 Å². The number of pyridine rings is 1. The number of hydrogen-bond acceptors (Lipinski definition) is 7. The van der Waals surface area contributed by atoms with Crippen molar-refractivity contribution >= 4 is 11.6 Å². The normalized spacial score (nSPS) is 19.1. The molecule has 2 fully saturated rings. The van der Waals surface area contributed by atoms with Crippen LogP contribution in [0.1, 0.15) is 24.5 Å². The number of anilines is 2. The van der Waals surface area contributed by atoms with Crippen LogP contribution < -0.4 is 15.4 Å². The summed E-state index contributed by atoms with van der Waals surface area (Å²) in [6.45, 7) is 3.24. The smallest absolute Gasteiger partial charge is 0.255 e. The van der Waals surface area contributed by atoms with E-state index in [1.54, 1.807) is 7.05 Å². The van der Waals surface area contributed by atoms with Gasteiger partial charge in [-0.05, 0) is 36.6 Å². The van der Waals surface area contributed by atoms with E-state index in [1.807, 2.05) is 4.90 Å².